The van der Waals surface area contributed by atoms with Crippen molar-refractivity contribution in [1.29, 1.82) is 0 Å². The molecule has 0 aliphatic rings. The van der Waals surface area contributed by atoms with Crippen LogP contribution >= 0.6 is 0 Å². The van der Waals surface area contributed by atoms with Crippen LogP contribution in [0.3, 0.4) is 0 Å². The molecule has 3 aromatic rings. The van der Waals surface area contributed by atoms with Crippen LogP contribution < -0.4 is 4.74 Å². The maximum atomic E-state index is 12.9. The van der Waals surface area contributed by atoms with E-state index in [0.29, 0.717) is 12.5 Å². The average molecular weight is 285 g/mol. The van der Waals surface area contributed by atoms with Gasteiger partial charge in [-0.3, -0.25) is 0 Å². The number of rotatable bonds is 3. The first-order chi connectivity index (χ1) is 10.1. The van der Waals surface area contributed by atoms with Gasteiger partial charge in [0.05, 0.1) is 6.20 Å². The number of aryl methyl sites for hydroxylation is 2. The first-order valence-corrected chi connectivity index (χ1v) is 6.72. The molecular weight excluding hydrogens is 269 g/mol. The molecule has 0 radical (unpaired) electrons. The summed E-state index contributed by atoms with van der Waals surface area (Å²) in [5.74, 6) is 0.241. The third-order valence-electron chi connectivity index (χ3n) is 3.87. The highest BCUT2D eigenvalue weighted by Gasteiger charge is 2.14. The number of benzene rings is 1. The molecule has 2 heterocycles. The topological polar surface area (TPSA) is 39.9 Å². The van der Waals surface area contributed by atoms with Crippen LogP contribution in [0, 0.1) is 19.7 Å². The quantitative estimate of drug-likeness (QED) is 0.741. The molecule has 2 aromatic heterocycles. The third kappa shape index (κ3) is 2.35. The number of aromatic nitrogens is 3. The van der Waals surface area contributed by atoms with E-state index >= 15 is 0 Å². The van der Waals surface area contributed by atoms with Crippen LogP contribution in [0.5, 0.6) is 5.88 Å². The highest BCUT2D eigenvalue weighted by atomic mass is 19.1. The predicted molar refractivity (Wildman–Crippen MR) is 78.7 cm³/mol. The molecule has 4 nitrogen and oxygen atoms in total. The second-order valence-corrected chi connectivity index (χ2v) is 5.10. The largest absolute Gasteiger partial charge is 0.470 e. The van der Waals surface area contributed by atoms with Crippen molar-refractivity contribution >= 4 is 10.9 Å². The van der Waals surface area contributed by atoms with Gasteiger partial charge in [0.15, 0.2) is 0 Å². The van der Waals surface area contributed by atoms with E-state index in [-0.39, 0.29) is 5.82 Å². The Kier molecular flexibility index (Phi) is 3.33. The van der Waals surface area contributed by atoms with Crippen molar-refractivity contribution in [1.82, 2.24) is 14.8 Å². The monoisotopic (exact) mass is 285 g/mol. The summed E-state index contributed by atoms with van der Waals surface area (Å²) in [4.78, 5) is 0. The van der Waals surface area contributed by atoms with E-state index in [4.69, 9.17) is 4.74 Å². The fraction of sp³-hybridized carbons (Fsp3) is 0.250. The summed E-state index contributed by atoms with van der Waals surface area (Å²) in [5, 5.41) is 9.13. The molecule has 21 heavy (non-hydrogen) atoms. The lowest BCUT2D eigenvalue weighted by Gasteiger charge is -2.07. The van der Waals surface area contributed by atoms with Crippen molar-refractivity contribution in [2.75, 3.05) is 0 Å². The Bertz CT molecular complexity index is 793. The van der Waals surface area contributed by atoms with Crippen molar-refractivity contribution in [3.05, 3.63) is 53.1 Å². The standard InChI is InChI=1S/C16H16FN3O/c1-10-11(2)20(3)15-14(10)8-18-19-16(15)21-9-12-4-6-13(17)7-5-12/h4-8H,9H2,1-3H3. The molecule has 0 N–H and O–H groups in total. The lowest BCUT2D eigenvalue weighted by atomic mass is 10.2. The zero-order chi connectivity index (χ0) is 15.0. The Balaban J connectivity index is 1.94. The minimum absolute atomic E-state index is 0.255. The molecule has 0 aliphatic heterocycles. The molecule has 0 saturated carbocycles. The van der Waals surface area contributed by atoms with Gasteiger partial charge in [0.25, 0.3) is 5.88 Å². The molecule has 0 fully saturated rings. The van der Waals surface area contributed by atoms with Crippen LogP contribution in [0.4, 0.5) is 4.39 Å². The number of hydrogen-bond donors (Lipinski definition) is 0. The second-order valence-electron chi connectivity index (χ2n) is 5.10. The molecule has 0 atom stereocenters. The van der Waals surface area contributed by atoms with Crippen LogP contribution in [0.2, 0.25) is 0 Å². The van der Waals surface area contributed by atoms with Crippen LogP contribution in [0.1, 0.15) is 16.8 Å². The molecular formula is C16H16FN3O. The third-order valence-corrected chi connectivity index (χ3v) is 3.87. The van der Waals surface area contributed by atoms with E-state index < -0.39 is 0 Å². The Morgan fingerprint density at radius 2 is 1.90 bits per heavy atom. The van der Waals surface area contributed by atoms with Crippen LogP contribution in [0.25, 0.3) is 10.9 Å². The zero-order valence-electron chi connectivity index (χ0n) is 12.2. The number of hydrogen-bond acceptors (Lipinski definition) is 3. The van der Waals surface area contributed by atoms with E-state index in [1.54, 1.807) is 18.3 Å². The summed E-state index contributed by atoms with van der Waals surface area (Å²) in [6, 6.07) is 6.23. The Hall–Kier alpha value is -2.43. The summed E-state index contributed by atoms with van der Waals surface area (Å²) in [6.07, 6.45) is 1.75. The lowest BCUT2D eigenvalue weighted by molar-refractivity contribution is 0.293. The number of halogens is 1. The van der Waals surface area contributed by atoms with Gasteiger partial charge < -0.3 is 9.30 Å². The van der Waals surface area contributed by atoms with E-state index in [1.807, 2.05) is 7.05 Å². The Morgan fingerprint density at radius 1 is 1.19 bits per heavy atom. The minimum Gasteiger partial charge on any atom is -0.470 e. The Labute approximate surface area is 122 Å². The highest BCUT2D eigenvalue weighted by molar-refractivity contribution is 5.87. The van der Waals surface area contributed by atoms with Gasteiger partial charge in [-0.05, 0) is 37.1 Å². The van der Waals surface area contributed by atoms with Crippen molar-refractivity contribution in [3.63, 3.8) is 0 Å². The molecule has 0 aliphatic carbocycles. The second kappa shape index (κ2) is 5.16. The van der Waals surface area contributed by atoms with E-state index in [1.165, 1.54) is 17.7 Å². The van der Waals surface area contributed by atoms with Crippen LogP contribution in [-0.2, 0) is 13.7 Å². The highest BCUT2D eigenvalue weighted by Crippen LogP contribution is 2.29. The minimum atomic E-state index is -0.255. The van der Waals surface area contributed by atoms with E-state index in [2.05, 4.69) is 28.6 Å². The summed E-state index contributed by atoms with van der Waals surface area (Å²) in [6.45, 7) is 4.44. The van der Waals surface area contributed by atoms with Gasteiger partial charge in [-0.15, -0.1) is 5.10 Å². The van der Waals surface area contributed by atoms with E-state index in [9.17, 15) is 4.39 Å². The van der Waals surface area contributed by atoms with Gasteiger partial charge >= 0.3 is 0 Å². The average Bonchev–Trinajstić information content (AvgIpc) is 2.72. The normalized spacial score (nSPS) is 11.0. The first kappa shape index (κ1) is 13.5. The molecule has 0 spiro atoms. The number of ether oxygens (including phenoxy) is 1. The smallest absolute Gasteiger partial charge is 0.258 e. The summed E-state index contributed by atoms with van der Waals surface area (Å²) >= 11 is 0. The van der Waals surface area contributed by atoms with Crippen molar-refractivity contribution in [2.24, 2.45) is 7.05 Å². The molecule has 1 aromatic carbocycles. The van der Waals surface area contributed by atoms with Gasteiger partial charge in [0.1, 0.15) is 17.9 Å². The van der Waals surface area contributed by atoms with Crippen molar-refractivity contribution in [3.8, 4) is 5.88 Å². The summed E-state index contributed by atoms with van der Waals surface area (Å²) in [5.41, 5.74) is 4.15. The Morgan fingerprint density at radius 3 is 2.62 bits per heavy atom. The van der Waals surface area contributed by atoms with Gasteiger partial charge in [-0.2, -0.15) is 5.10 Å². The van der Waals surface area contributed by atoms with Crippen LogP contribution in [0.15, 0.2) is 30.5 Å². The molecule has 5 heteroatoms. The fourth-order valence-electron chi connectivity index (χ4n) is 2.41. The van der Waals surface area contributed by atoms with E-state index in [0.717, 1.165) is 22.2 Å². The molecule has 0 amide bonds. The van der Waals surface area contributed by atoms with Gasteiger partial charge in [-0.25, -0.2) is 4.39 Å². The zero-order valence-corrected chi connectivity index (χ0v) is 12.2. The maximum absolute atomic E-state index is 12.9. The molecule has 108 valence electrons. The number of nitrogens with zero attached hydrogens (tertiary/aromatic N) is 3. The summed E-state index contributed by atoms with van der Waals surface area (Å²) in [7, 11) is 1.98. The molecule has 0 bridgehead atoms. The summed E-state index contributed by atoms with van der Waals surface area (Å²) < 4.78 is 20.7. The van der Waals surface area contributed by atoms with Crippen molar-refractivity contribution in [2.45, 2.75) is 20.5 Å². The fourth-order valence-corrected chi connectivity index (χ4v) is 2.41. The lowest BCUT2D eigenvalue weighted by Crippen LogP contribution is -2.01. The van der Waals surface area contributed by atoms with Gasteiger partial charge in [-0.1, -0.05) is 12.1 Å². The molecule has 0 saturated heterocycles. The van der Waals surface area contributed by atoms with Gasteiger partial charge in [0.2, 0.25) is 0 Å². The molecule has 3 rings (SSSR count). The van der Waals surface area contributed by atoms with Crippen molar-refractivity contribution < 1.29 is 9.13 Å². The van der Waals surface area contributed by atoms with Gasteiger partial charge in [0, 0.05) is 18.1 Å². The first-order valence-electron chi connectivity index (χ1n) is 6.72. The van der Waals surface area contributed by atoms with Crippen LogP contribution in [-0.4, -0.2) is 14.8 Å². The SMILES string of the molecule is Cc1c(C)n(C)c2c(OCc3ccc(F)cc3)nncc12. The molecule has 0 unspecified atom stereocenters. The number of fused-ring (bicyclic) bond motifs is 1. The maximum Gasteiger partial charge on any atom is 0.258 e. The predicted octanol–water partition coefficient (Wildman–Crippen LogP) is 3.30.